The molecule has 9 heteroatoms. The molecule has 28 heavy (non-hydrogen) atoms. The maximum atomic E-state index is 12.9. The molecule has 0 saturated carbocycles. The lowest BCUT2D eigenvalue weighted by Crippen LogP contribution is -2.21. The van der Waals surface area contributed by atoms with E-state index in [0.29, 0.717) is 15.3 Å². The van der Waals surface area contributed by atoms with Crippen molar-refractivity contribution in [2.75, 3.05) is 6.61 Å². The number of nitriles is 1. The molecule has 1 aliphatic heterocycles. The second-order valence-electron chi connectivity index (χ2n) is 5.99. The third kappa shape index (κ3) is 3.31. The number of aryl methyl sites for hydroxylation is 1. The molecule has 3 rings (SSSR count). The quantitative estimate of drug-likeness (QED) is 0.758. The molecule has 2 N–H and O–H groups in total. The van der Waals surface area contributed by atoms with Crippen molar-refractivity contribution in [1.29, 1.82) is 5.26 Å². The number of esters is 1. The van der Waals surface area contributed by atoms with Gasteiger partial charge >= 0.3 is 12.1 Å². The number of thiophene rings is 1. The Hall–Kier alpha value is -2.99. The summed E-state index contributed by atoms with van der Waals surface area (Å²) in [4.78, 5) is 13.4. The zero-order valence-corrected chi connectivity index (χ0v) is 15.7. The van der Waals surface area contributed by atoms with E-state index < -0.39 is 23.6 Å². The molecule has 1 aromatic heterocycles. The van der Waals surface area contributed by atoms with Gasteiger partial charge in [0.2, 0.25) is 5.88 Å². The van der Waals surface area contributed by atoms with Gasteiger partial charge in [0.1, 0.15) is 17.2 Å². The number of nitrogens with two attached hydrogens (primary N) is 1. The highest BCUT2D eigenvalue weighted by Crippen LogP contribution is 2.49. The van der Waals surface area contributed by atoms with E-state index in [2.05, 4.69) is 0 Å². The Labute approximate surface area is 162 Å². The van der Waals surface area contributed by atoms with Crippen LogP contribution < -0.4 is 10.5 Å². The van der Waals surface area contributed by atoms with Gasteiger partial charge in [-0.2, -0.15) is 18.4 Å². The molecule has 0 aliphatic carbocycles. The van der Waals surface area contributed by atoms with Gasteiger partial charge in [0, 0.05) is 4.88 Å². The summed E-state index contributed by atoms with van der Waals surface area (Å²) >= 11 is 1.22. The lowest BCUT2D eigenvalue weighted by Gasteiger charge is -2.24. The molecule has 0 saturated heterocycles. The largest absolute Gasteiger partial charge is 0.462 e. The van der Waals surface area contributed by atoms with Gasteiger partial charge in [-0.25, -0.2) is 4.79 Å². The van der Waals surface area contributed by atoms with Crippen LogP contribution in [0.3, 0.4) is 0 Å². The first-order valence-electron chi connectivity index (χ1n) is 8.24. The van der Waals surface area contributed by atoms with Crippen molar-refractivity contribution in [2.45, 2.75) is 25.9 Å². The van der Waals surface area contributed by atoms with Crippen molar-refractivity contribution in [3.8, 4) is 11.8 Å². The number of nitrogens with zero attached hydrogens (tertiary/aromatic N) is 1. The Balaban J connectivity index is 2.15. The molecule has 0 bridgehead atoms. The van der Waals surface area contributed by atoms with Gasteiger partial charge in [0.05, 0.1) is 23.0 Å². The van der Waals surface area contributed by atoms with Crippen LogP contribution in [-0.2, 0) is 10.9 Å². The average Bonchev–Trinajstić information content (AvgIpc) is 2.95. The summed E-state index contributed by atoms with van der Waals surface area (Å²) in [5.41, 5.74) is 5.81. The minimum Gasteiger partial charge on any atom is -0.462 e. The van der Waals surface area contributed by atoms with Gasteiger partial charge in [-0.15, -0.1) is 11.3 Å². The lowest BCUT2D eigenvalue weighted by molar-refractivity contribution is -0.137. The maximum absolute atomic E-state index is 12.9. The molecule has 0 fully saturated rings. The monoisotopic (exact) mass is 408 g/mol. The summed E-state index contributed by atoms with van der Waals surface area (Å²) in [5.74, 6) is -1.33. The second kappa shape index (κ2) is 7.20. The molecule has 0 radical (unpaired) electrons. The number of hydrogen-bond donors (Lipinski definition) is 1. The predicted molar refractivity (Wildman–Crippen MR) is 95.8 cm³/mol. The summed E-state index contributed by atoms with van der Waals surface area (Å²) in [6.07, 6.45) is -4.47. The molecule has 1 aliphatic rings. The third-order valence-electron chi connectivity index (χ3n) is 4.27. The first-order chi connectivity index (χ1) is 13.2. The average molecular weight is 408 g/mol. The molecular weight excluding hydrogens is 393 g/mol. The third-order valence-corrected chi connectivity index (χ3v) is 5.42. The van der Waals surface area contributed by atoms with Crippen LogP contribution in [0.25, 0.3) is 0 Å². The van der Waals surface area contributed by atoms with Crippen molar-refractivity contribution < 1.29 is 27.4 Å². The highest BCUT2D eigenvalue weighted by Gasteiger charge is 2.38. The van der Waals surface area contributed by atoms with Gasteiger partial charge in [-0.05, 0) is 31.5 Å². The van der Waals surface area contributed by atoms with Crippen molar-refractivity contribution in [3.63, 3.8) is 0 Å². The fourth-order valence-electron chi connectivity index (χ4n) is 3.02. The molecule has 146 valence electrons. The minimum absolute atomic E-state index is 0.0731. The Kier molecular flexibility index (Phi) is 5.08. The standard InChI is InChI=1S/C19H15F3N2O3S/c1-3-26-18(25)13-9(2)28-16-14(12(8-23)17(24)27-15(13)16)10-4-6-11(7-5-10)19(20,21)22/h4-7,14H,3,24H2,1-2H3. The van der Waals surface area contributed by atoms with Crippen molar-refractivity contribution in [2.24, 2.45) is 5.73 Å². The summed E-state index contributed by atoms with van der Waals surface area (Å²) in [6, 6.07) is 6.46. The number of rotatable bonds is 3. The number of alkyl halides is 3. The highest BCUT2D eigenvalue weighted by molar-refractivity contribution is 7.12. The first kappa shape index (κ1) is 19.8. The van der Waals surface area contributed by atoms with Crippen LogP contribution in [0.15, 0.2) is 35.7 Å². The van der Waals surface area contributed by atoms with E-state index >= 15 is 0 Å². The van der Waals surface area contributed by atoms with Gasteiger partial charge in [0.25, 0.3) is 0 Å². The van der Waals surface area contributed by atoms with Gasteiger partial charge in [0.15, 0.2) is 5.75 Å². The van der Waals surface area contributed by atoms with Crippen molar-refractivity contribution in [1.82, 2.24) is 0 Å². The molecule has 1 aromatic carbocycles. The molecule has 0 spiro atoms. The Bertz CT molecular complexity index is 1000. The number of carbonyl (C=O) groups excluding carboxylic acids is 1. The van der Waals surface area contributed by atoms with Gasteiger partial charge in [-0.1, -0.05) is 12.1 Å². The number of allylic oxidation sites excluding steroid dienone is 1. The number of hydrogen-bond acceptors (Lipinski definition) is 6. The van der Waals surface area contributed by atoms with Crippen LogP contribution in [-0.4, -0.2) is 12.6 Å². The maximum Gasteiger partial charge on any atom is 0.416 e. The summed E-state index contributed by atoms with van der Waals surface area (Å²) < 4.78 is 49.2. The van der Waals surface area contributed by atoms with Crippen molar-refractivity contribution >= 4 is 17.3 Å². The smallest absolute Gasteiger partial charge is 0.416 e. The van der Waals surface area contributed by atoms with Crippen LogP contribution in [0.2, 0.25) is 0 Å². The van der Waals surface area contributed by atoms with E-state index in [-0.39, 0.29) is 29.4 Å². The Morgan fingerprint density at radius 2 is 2.00 bits per heavy atom. The number of fused-ring (bicyclic) bond motifs is 1. The normalized spacial score (nSPS) is 16.2. The molecule has 2 heterocycles. The first-order valence-corrected chi connectivity index (χ1v) is 9.05. The van der Waals surface area contributed by atoms with E-state index in [9.17, 15) is 23.2 Å². The summed E-state index contributed by atoms with van der Waals surface area (Å²) in [7, 11) is 0. The molecule has 0 amide bonds. The summed E-state index contributed by atoms with van der Waals surface area (Å²) in [5, 5.41) is 9.54. The molecule has 2 aromatic rings. The molecular formula is C19H15F3N2O3S. The van der Waals surface area contributed by atoms with Crippen LogP contribution in [0.5, 0.6) is 5.75 Å². The SMILES string of the molecule is CCOC(=O)c1c(C)sc2c1OC(N)=C(C#N)C2c1ccc(C(F)(F)F)cc1. The number of ether oxygens (including phenoxy) is 2. The fourth-order valence-corrected chi connectivity index (χ4v) is 4.23. The zero-order chi connectivity index (χ0) is 20.6. The second-order valence-corrected chi connectivity index (χ2v) is 7.25. The summed E-state index contributed by atoms with van der Waals surface area (Å²) in [6.45, 7) is 3.53. The Morgan fingerprint density at radius 1 is 1.36 bits per heavy atom. The number of halogens is 3. The zero-order valence-electron chi connectivity index (χ0n) is 14.9. The van der Waals surface area contributed by atoms with Crippen LogP contribution in [0, 0.1) is 18.3 Å². The molecule has 1 unspecified atom stereocenters. The molecule has 5 nitrogen and oxygen atoms in total. The van der Waals surface area contributed by atoms with E-state index in [4.69, 9.17) is 15.2 Å². The Morgan fingerprint density at radius 3 is 2.54 bits per heavy atom. The highest BCUT2D eigenvalue weighted by atomic mass is 32.1. The lowest BCUT2D eigenvalue weighted by atomic mass is 9.87. The van der Waals surface area contributed by atoms with Gasteiger partial charge < -0.3 is 15.2 Å². The topological polar surface area (TPSA) is 85.3 Å². The van der Waals surface area contributed by atoms with Crippen LogP contribution in [0.4, 0.5) is 13.2 Å². The number of benzene rings is 1. The van der Waals surface area contributed by atoms with E-state index in [1.54, 1.807) is 13.8 Å². The van der Waals surface area contributed by atoms with E-state index in [1.165, 1.54) is 23.5 Å². The van der Waals surface area contributed by atoms with Crippen LogP contribution in [0.1, 0.15) is 44.1 Å². The minimum atomic E-state index is -4.47. The van der Waals surface area contributed by atoms with Crippen LogP contribution >= 0.6 is 11.3 Å². The van der Waals surface area contributed by atoms with E-state index in [1.807, 2.05) is 6.07 Å². The van der Waals surface area contributed by atoms with Gasteiger partial charge in [-0.3, -0.25) is 0 Å². The molecule has 1 atom stereocenters. The fraction of sp³-hybridized carbons (Fsp3) is 0.263. The predicted octanol–water partition coefficient (Wildman–Crippen LogP) is 4.47. The van der Waals surface area contributed by atoms with Crippen molar-refractivity contribution in [3.05, 3.63) is 62.2 Å². The number of carbonyl (C=O) groups is 1. The van der Waals surface area contributed by atoms with E-state index in [0.717, 1.165) is 12.1 Å².